The molecule has 0 saturated carbocycles. The molecule has 1 aliphatic rings. The minimum absolute atomic E-state index is 0.0845. The minimum atomic E-state index is -0.782. The Hall–Kier alpha value is -0.710. The topological polar surface area (TPSA) is 57.6 Å². The summed E-state index contributed by atoms with van der Waals surface area (Å²) in [6.45, 7) is 5.18. The van der Waals surface area contributed by atoms with Crippen molar-refractivity contribution in [3.63, 3.8) is 0 Å². The van der Waals surface area contributed by atoms with Crippen molar-refractivity contribution >= 4 is 23.6 Å². The normalized spacial score (nSPS) is 24.7. The Morgan fingerprint density at radius 1 is 1.41 bits per heavy atom. The van der Waals surface area contributed by atoms with Crippen molar-refractivity contribution in [3.8, 4) is 0 Å². The number of piperidine rings is 1. The van der Waals surface area contributed by atoms with Gasteiger partial charge in [0, 0.05) is 13.1 Å². The van der Waals surface area contributed by atoms with Crippen LogP contribution in [0, 0.1) is 11.8 Å². The van der Waals surface area contributed by atoms with Gasteiger partial charge in [-0.25, -0.2) is 0 Å². The highest BCUT2D eigenvalue weighted by molar-refractivity contribution is 7.99. The first kappa shape index (κ1) is 14.4. The number of hydrogen-bond acceptors (Lipinski definition) is 3. The second kappa shape index (κ2) is 6.89. The third-order valence-electron chi connectivity index (χ3n) is 2.94. The zero-order valence-corrected chi connectivity index (χ0v) is 11.3. The van der Waals surface area contributed by atoms with Crippen molar-refractivity contribution < 1.29 is 14.7 Å². The van der Waals surface area contributed by atoms with Crippen LogP contribution in [0.1, 0.15) is 26.7 Å². The predicted octanol–water partition coefficient (Wildman–Crippen LogP) is 1.70. The lowest BCUT2D eigenvalue weighted by Gasteiger charge is -2.34. The summed E-state index contributed by atoms with van der Waals surface area (Å²) in [4.78, 5) is 24.6. The molecule has 0 radical (unpaired) electrons. The van der Waals surface area contributed by atoms with Crippen LogP contribution < -0.4 is 0 Å². The van der Waals surface area contributed by atoms with Crippen LogP contribution in [0.5, 0.6) is 0 Å². The molecule has 2 unspecified atom stereocenters. The van der Waals surface area contributed by atoms with Crippen LogP contribution in [-0.2, 0) is 9.59 Å². The van der Waals surface area contributed by atoms with Gasteiger partial charge < -0.3 is 10.0 Å². The molecule has 0 aromatic heterocycles. The summed E-state index contributed by atoms with van der Waals surface area (Å²) in [6, 6.07) is 0. The van der Waals surface area contributed by atoms with E-state index in [1.807, 2.05) is 6.92 Å². The Morgan fingerprint density at radius 2 is 2.12 bits per heavy atom. The highest BCUT2D eigenvalue weighted by atomic mass is 32.2. The van der Waals surface area contributed by atoms with E-state index < -0.39 is 5.97 Å². The fourth-order valence-corrected chi connectivity index (χ4v) is 2.92. The van der Waals surface area contributed by atoms with Crippen molar-refractivity contribution in [1.82, 2.24) is 4.90 Å². The molecule has 1 saturated heterocycles. The van der Waals surface area contributed by atoms with E-state index in [2.05, 4.69) is 6.92 Å². The first-order valence-electron chi connectivity index (χ1n) is 6.12. The van der Waals surface area contributed by atoms with Crippen LogP contribution in [0.15, 0.2) is 0 Å². The SMILES string of the molecule is CCCSCC(=O)N1CC(C)CC(C(=O)O)C1. The van der Waals surface area contributed by atoms with Gasteiger partial charge in [0.2, 0.25) is 5.91 Å². The van der Waals surface area contributed by atoms with E-state index in [0.717, 1.165) is 12.2 Å². The quantitative estimate of drug-likeness (QED) is 0.763. The van der Waals surface area contributed by atoms with Crippen molar-refractivity contribution in [2.45, 2.75) is 26.7 Å². The van der Waals surface area contributed by atoms with E-state index >= 15 is 0 Å². The molecule has 0 aromatic rings. The summed E-state index contributed by atoms with van der Waals surface area (Å²) in [7, 11) is 0. The predicted molar refractivity (Wildman–Crippen MR) is 69.1 cm³/mol. The molecular formula is C12H21NO3S. The molecule has 1 aliphatic heterocycles. The number of thioether (sulfide) groups is 1. The zero-order chi connectivity index (χ0) is 12.8. The summed E-state index contributed by atoms with van der Waals surface area (Å²) < 4.78 is 0. The number of rotatable bonds is 5. The van der Waals surface area contributed by atoms with Crippen LogP contribution in [0.3, 0.4) is 0 Å². The smallest absolute Gasteiger partial charge is 0.308 e. The Kier molecular flexibility index (Phi) is 5.82. The van der Waals surface area contributed by atoms with Gasteiger partial charge in [0.1, 0.15) is 0 Å². The molecule has 0 aromatic carbocycles. The second-order valence-electron chi connectivity index (χ2n) is 4.73. The maximum absolute atomic E-state index is 11.9. The molecule has 0 aliphatic carbocycles. The summed E-state index contributed by atoms with van der Waals surface area (Å²) in [5, 5.41) is 9.03. The van der Waals surface area contributed by atoms with Crippen LogP contribution in [-0.4, -0.2) is 46.5 Å². The standard InChI is InChI=1S/C12H21NO3S/c1-3-4-17-8-11(14)13-6-9(2)5-10(7-13)12(15)16/h9-10H,3-8H2,1-2H3,(H,15,16). The van der Waals surface area contributed by atoms with Crippen molar-refractivity contribution in [2.75, 3.05) is 24.6 Å². The van der Waals surface area contributed by atoms with Gasteiger partial charge in [-0.15, -0.1) is 0 Å². The van der Waals surface area contributed by atoms with Crippen molar-refractivity contribution in [2.24, 2.45) is 11.8 Å². The fourth-order valence-electron chi connectivity index (χ4n) is 2.13. The molecule has 2 atom stereocenters. The van der Waals surface area contributed by atoms with Crippen LogP contribution in [0.25, 0.3) is 0 Å². The van der Waals surface area contributed by atoms with E-state index in [9.17, 15) is 9.59 Å². The summed E-state index contributed by atoms with van der Waals surface area (Å²) >= 11 is 1.63. The number of amides is 1. The Bertz CT molecular complexity index is 283. The molecule has 1 rings (SSSR count). The van der Waals surface area contributed by atoms with E-state index in [1.165, 1.54) is 0 Å². The Morgan fingerprint density at radius 3 is 2.71 bits per heavy atom. The average molecular weight is 259 g/mol. The third-order valence-corrected chi connectivity index (χ3v) is 4.08. The zero-order valence-electron chi connectivity index (χ0n) is 10.5. The Labute approximate surface area is 107 Å². The summed E-state index contributed by atoms with van der Waals surface area (Å²) in [5.41, 5.74) is 0. The fraction of sp³-hybridized carbons (Fsp3) is 0.833. The van der Waals surface area contributed by atoms with Crippen molar-refractivity contribution in [1.29, 1.82) is 0 Å². The number of hydrogen-bond donors (Lipinski definition) is 1. The van der Waals surface area contributed by atoms with Crippen LogP contribution in [0.4, 0.5) is 0 Å². The molecular weight excluding hydrogens is 238 g/mol. The molecule has 5 heteroatoms. The van der Waals surface area contributed by atoms with Gasteiger partial charge in [0.25, 0.3) is 0 Å². The summed E-state index contributed by atoms with van der Waals surface area (Å²) in [6.07, 6.45) is 1.74. The second-order valence-corrected chi connectivity index (χ2v) is 5.83. The molecule has 0 spiro atoms. The molecule has 1 N–H and O–H groups in total. The number of carbonyl (C=O) groups excluding carboxylic acids is 1. The molecule has 1 fully saturated rings. The molecule has 4 nitrogen and oxygen atoms in total. The Balaban J connectivity index is 2.46. The lowest BCUT2D eigenvalue weighted by Crippen LogP contribution is -2.46. The number of carbonyl (C=O) groups is 2. The first-order chi connectivity index (χ1) is 8.04. The average Bonchev–Trinajstić information content (AvgIpc) is 2.28. The largest absolute Gasteiger partial charge is 0.481 e. The highest BCUT2D eigenvalue weighted by Crippen LogP contribution is 2.22. The van der Waals surface area contributed by atoms with E-state index in [0.29, 0.717) is 25.3 Å². The van der Waals surface area contributed by atoms with Crippen molar-refractivity contribution in [3.05, 3.63) is 0 Å². The van der Waals surface area contributed by atoms with Gasteiger partial charge in [0.15, 0.2) is 0 Å². The molecule has 17 heavy (non-hydrogen) atoms. The van der Waals surface area contributed by atoms with E-state index in [-0.39, 0.29) is 17.7 Å². The number of likely N-dealkylation sites (tertiary alicyclic amines) is 1. The highest BCUT2D eigenvalue weighted by Gasteiger charge is 2.31. The molecule has 1 amide bonds. The lowest BCUT2D eigenvalue weighted by molar-refractivity contribution is -0.146. The maximum Gasteiger partial charge on any atom is 0.308 e. The number of carboxylic acids is 1. The summed E-state index contributed by atoms with van der Waals surface area (Å²) in [5.74, 6) is 0.658. The number of nitrogens with zero attached hydrogens (tertiary/aromatic N) is 1. The lowest BCUT2D eigenvalue weighted by atomic mass is 9.90. The maximum atomic E-state index is 11.9. The van der Waals surface area contributed by atoms with Gasteiger partial charge in [-0.2, -0.15) is 11.8 Å². The van der Waals surface area contributed by atoms with E-state index in [4.69, 9.17) is 5.11 Å². The van der Waals surface area contributed by atoms with Crippen LogP contribution in [0.2, 0.25) is 0 Å². The molecule has 98 valence electrons. The minimum Gasteiger partial charge on any atom is -0.481 e. The number of carboxylic acid groups (broad SMARTS) is 1. The van der Waals surface area contributed by atoms with Gasteiger partial charge in [-0.1, -0.05) is 13.8 Å². The monoisotopic (exact) mass is 259 g/mol. The van der Waals surface area contributed by atoms with Gasteiger partial charge in [0.05, 0.1) is 11.7 Å². The van der Waals surface area contributed by atoms with Gasteiger partial charge in [-0.05, 0) is 24.5 Å². The van der Waals surface area contributed by atoms with E-state index in [1.54, 1.807) is 16.7 Å². The molecule has 1 heterocycles. The molecule has 0 bridgehead atoms. The van der Waals surface area contributed by atoms with Gasteiger partial charge >= 0.3 is 5.97 Å². The third kappa shape index (κ3) is 4.58. The van der Waals surface area contributed by atoms with Gasteiger partial charge in [-0.3, -0.25) is 9.59 Å². The van der Waals surface area contributed by atoms with Crippen LogP contribution >= 0.6 is 11.8 Å². The number of aliphatic carboxylic acids is 1. The first-order valence-corrected chi connectivity index (χ1v) is 7.28.